The average molecular weight is 369 g/mol. The second-order valence-electron chi connectivity index (χ2n) is 6.53. The van der Waals surface area contributed by atoms with Gasteiger partial charge in [-0.3, -0.25) is 4.90 Å². The molecule has 27 heavy (non-hydrogen) atoms. The number of piperazine rings is 1. The minimum atomic E-state index is -0.0496. The predicted octanol–water partition coefficient (Wildman–Crippen LogP) is 3.16. The smallest absolute Gasteiger partial charge is 0.321 e. The van der Waals surface area contributed by atoms with E-state index in [1.165, 1.54) is 0 Å². The van der Waals surface area contributed by atoms with Gasteiger partial charge < -0.3 is 19.7 Å². The molecule has 6 nitrogen and oxygen atoms in total. The zero-order valence-electron chi connectivity index (χ0n) is 16.0. The number of anilines is 1. The number of amides is 2. The molecular formula is C21H27N3O3. The molecular weight excluding hydrogens is 342 g/mol. The number of methoxy groups -OCH3 is 2. The van der Waals surface area contributed by atoms with Crippen molar-refractivity contribution in [3.63, 3.8) is 0 Å². The second-order valence-corrected chi connectivity index (χ2v) is 6.53. The van der Waals surface area contributed by atoms with Gasteiger partial charge in [0.05, 0.1) is 13.7 Å². The molecule has 2 aromatic rings. The molecule has 1 aliphatic heterocycles. The Bertz CT molecular complexity index is 741. The van der Waals surface area contributed by atoms with E-state index in [-0.39, 0.29) is 6.03 Å². The summed E-state index contributed by atoms with van der Waals surface area (Å²) >= 11 is 0. The maximum absolute atomic E-state index is 12.5. The van der Waals surface area contributed by atoms with Gasteiger partial charge in [-0.2, -0.15) is 0 Å². The Morgan fingerprint density at radius 1 is 1.00 bits per heavy atom. The predicted molar refractivity (Wildman–Crippen MR) is 107 cm³/mol. The lowest BCUT2D eigenvalue weighted by atomic mass is 10.0. The van der Waals surface area contributed by atoms with Crippen molar-refractivity contribution in [2.24, 2.45) is 0 Å². The molecule has 2 amide bonds. The number of carbonyl (C=O) groups is 1. The van der Waals surface area contributed by atoms with Crippen molar-refractivity contribution in [1.82, 2.24) is 9.80 Å². The Balaban J connectivity index is 1.56. The highest BCUT2D eigenvalue weighted by Crippen LogP contribution is 2.30. The molecule has 0 aromatic heterocycles. The Morgan fingerprint density at radius 3 is 2.37 bits per heavy atom. The molecule has 0 unspecified atom stereocenters. The highest BCUT2D eigenvalue weighted by atomic mass is 16.5. The first-order valence-corrected chi connectivity index (χ1v) is 9.22. The van der Waals surface area contributed by atoms with E-state index in [1.54, 1.807) is 14.2 Å². The fourth-order valence-electron chi connectivity index (χ4n) is 3.21. The van der Waals surface area contributed by atoms with Crippen LogP contribution in [0.5, 0.6) is 5.75 Å². The Kier molecular flexibility index (Phi) is 6.68. The van der Waals surface area contributed by atoms with Crippen LogP contribution in [0.2, 0.25) is 0 Å². The number of urea groups is 1. The quantitative estimate of drug-likeness (QED) is 0.850. The maximum Gasteiger partial charge on any atom is 0.321 e. The number of rotatable bonds is 6. The van der Waals surface area contributed by atoms with E-state index in [0.717, 1.165) is 61.9 Å². The number of para-hydroxylation sites is 1. The SMILES string of the molecule is COCCN1CCN(C(=O)Nc2ccc(-c3ccccc3OC)cc2)CC1. The highest BCUT2D eigenvalue weighted by molar-refractivity contribution is 5.89. The molecule has 144 valence electrons. The first kappa shape index (κ1) is 19.2. The molecule has 1 aliphatic rings. The summed E-state index contributed by atoms with van der Waals surface area (Å²) in [5.74, 6) is 0.834. The Morgan fingerprint density at radius 2 is 1.70 bits per heavy atom. The van der Waals surface area contributed by atoms with E-state index in [9.17, 15) is 4.79 Å². The molecule has 0 saturated carbocycles. The maximum atomic E-state index is 12.5. The van der Waals surface area contributed by atoms with Crippen molar-refractivity contribution >= 4 is 11.7 Å². The van der Waals surface area contributed by atoms with Gasteiger partial charge in [0, 0.05) is 51.1 Å². The van der Waals surface area contributed by atoms with E-state index in [1.807, 2.05) is 53.4 Å². The second kappa shape index (κ2) is 9.39. The summed E-state index contributed by atoms with van der Waals surface area (Å²) in [6.45, 7) is 4.86. The molecule has 0 radical (unpaired) electrons. The fraction of sp³-hybridized carbons (Fsp3) is 0.381. The number of nitrogens with zero attached hydrogens (tertiary/aromatic N) is 2. The van der Waals surface area contributed by atoms with Crippen molar-refractivity contribution in [2.75, 3.05) is 58.9 Å². The van der Waals surface area contributed by atoms with Gasteiger partial charge in [-0.25, -0.2) is 4.79 Å². The molecule has 1 N–H and O–H groups in total. The largest absolute Gasteiger partial charge is 0.496 e. The van der Waals surface area contributed by atoms with Gasteiger partial charge in [0.1, 0.15) is 5.75 Å². The molecule has 1 saturated heterocycles. The van der Waals surface area contributed by atoms with Crippen LogP contribution in [0.3, 0.4) is 0 Å². The Hall–Kier alpha value is -2.57. The van der Waals surface area contributed by atoms with Crippen LogP contribution in [0.15, 0.2) is 48.5 Å². The molecule has 2 aromatic carbocycles. The Labute approximate surface area is 160 Å². The lowest BCUT2D eigenvalue weighted by Crippen LogP contribution is -2.50. The van der Waals surface area contributed by atoms with Gasteiger partial charge in [0.15, 0.2) is 0 Å². The van der Waals surface area contributed by atoms with Gasteiger partial charge in [0.2, 0.25) is 0 Å². The van der Waals surface area contributed by atoms with Crippen LogP contribution >= 0.6 is 0 Å². The molecule has 1 heterocycles. The zero-order valence-corrected chi connectivity index (χ0v) is 16.0. The molecule has 6 heteroatoms. The number of hydrogen-bond donors (Lipinski definition) is 1. The third-order valence-electron chi connectivity index (χ3n) is 4.83. The molecule has 0 bridgehead atoms. The van der Waals surface area contributed by atoms with Gasteiger partial charge >= 0.3 is 6.03 Å². The molecule has 0 atom stereocenters. The third-order valence-corrected chi connectivity index (χ3v) is 4.83. The van der Waals surface area contributed by atoms with E-state index >= 15 is 0 Å². The minimum absolute atomic E-state index is 0.0496. The molecule has 3 rings (SSSR count). The third kappa shape index (κ3) is 4.99. The summed E-state index contributed by atoms with van der Waals surface area (Å²) in [5.41, 5.74) is 2.88. The normalized spacial score (nSPS) is 14.8. The van der Waals surface area contributed by atoms with E-state index in [0.29, 0.717) is 0 Å². The average Bonchev–Trinajstić information content (AvgIpc) is 2.73. The van der Waals surface area contributed by atoms with Crippen LogP contribution in [0, 0.1) is 0 Å². The number of carbonyl (C=O) groups excluding carboxylic acids is 1. The lowest BCUT2D eigenvalue weighted by molar-refractivity contribution is 0.109. The van der Waals surface area contributed by atoms with Crippen molar-refractivity contribution in [1.29, 1.82) is 0 Å². The number of benzene rings is 2. The van der Waals surface area contributed by atoms with Crippen molar-refractivity contribution in [3.8, 4) is 16.9 Å². The molecule has 0 aliphatic carbocycles. The zero-order chi connectivity index (χ0) is 19.1. The van der Waals surface area contributed by atoms with Crippen molar-refractivity contribution in [3.05, 3.63) is 48.5 Å². The van der Waals surface area contributed by atoms with Crippen LogP contribution in [-0.4, -0.2) is 69.4 Å². The monoisotopic (exact) mass is 369 g/mol. The summed E-state index contributed by atoms with van der Waals surface area (Å²) in [7, 11) is 3.38. The summed E-state index contributed by atoms with van der Waals surface area (Å²) in [5, 5.41) is 2.99. The van der Waals surface area contributed by atoms with Crippen molar-refractivity contribution in [2.45, 2.75) is 0 Å². The topological polar surface area (TPSA) is 54.0 Å². The number of ether oxygens (including phenoxy) is 2. The number of nitrogens with one attached hydrogen (secondary N) is 1. The van der Waals surface area contributed by atoms with Crippen molar-refractivity contribution < 1.29 is 14.3 Å². The summed E-state index contributed by atoms with van der Waals surface area (Å²) < 4.78 is 10.5. The summed E-state index contributed by atoms with van der Waals surface area (Å²) in [6, 6.07) is 15.7. The lowest BCUT2D eigenvalue weighted by Gasteiger charge is -2.34. The first-order valence-electron chi connectivity index (χ1n) is 9.22. The van der Waals surface area contributed by atoms with Gasteiger partial charge in [-0.05, 0) is 23.8 Å². The van der Waals surface area contributed by atoms with Crippen LogP contribution in [0.1, 0.15) is 0 Å². The summed E-state index contributed by atoms with van der Waals surface area (Å²) in [6.07, 6.45) is 0. The first-order chi connectivity index (χ1) is 13.2. The van der Waals surface area contributed by atoms with E-state index < -0.39 is 0 Å². The van der Waals surface area contributed by atoms with E-state index in [2.05, 4.69) is 10.2 Å². The standard InChI is InChI=1S/C21H27N3O3/c1-26-16-15-23-11-13-24(14-12-23)21(25)22-18-9-7-17(8-10-18)19-5-3-4-6-20(19)27-2/h3-10H,11-16H2,1-2H3,(H,22,25). The van der Waals surface area contributed by atoms with Crippen LogP contribution in [0.4, 0.5) is 10.5 Å². The van der Waals surface area contributed by atoms with Crippen LogP contribution < -0.4 is 10.1 Å². The van der Waals surface area contributed by atoms with Gasteiger partial charge in [0.25, 0.3) is 0 Å². The molecule has 1 fully saturated rings. The van der Waals surface area contributed by atoms with Gasteiger partial charge in [-0.15, -0.1) is 0 Å². The number of hydrogen-bond acceptors (Lipinski definition) is 4. The van der Waals surface area contributed by atoms with Crippen LogP contribution in [0.25, 0.3) is 11.1 Å². The highest BCUT2D eigenvalue weighted by Gasteiger charge is 2.20. The fourth-order valence-corrected chi connectivity index (χ4v) is 3.21. The minimum Gasteiger partial charge on any atom is -0.496 e. The van der Waals surface area contributed by atoms with E-state index in [4.69, 9.17) is 9.47 Å². The summed E-state index contributed by atoms with van der Waals surface area (Å²) in [4.78, 5) is 16.7. The van der Waals surface area contributed by atoms with Gasteiger partial charge in [-0.1, -0.05) is 30.3 Å². The molecule has 0 spiro atoms. The van der Waals surface area contributed by atoms with Crippen LogP contribution in [-0.2, 0) is 4.74 Å².